The van der Waals surface area contributed by atoms with Gasteiger partial charge in [0.25, 0.3) is 5.75 Å². The van der Waals surface area contributed by atoms with Gasteiger partial charge in [-0.2, -0.15) is 0 Å². The minimum Gasteiger partial charge on any atom is -0.493 e. The summed E-state index contributed by atoms with van der Waals surface area (Å²) in [5.74, 6) is 0.146. The Bertz CT molecular complexity index is 1270. The number of hydrogen-bond acceptors (Lipinski definition) is 10. The first kappa shape index (κ1) is 27.6. The van der Waals surface area contributed by atoms with Crippen molar-refractivity contribution in [2.24, 2.45) is 0 Å². The highest BCUT2D eigenvalue weighted by atomic mass is 16.7. The van der Waals surface area contributed by atoms with Crippen molar-refractivity contribution in [2.75, 3.05) is 13.2 Å². The van der Waals surface area contributed by atoms with Gasteiger partial charge in [0, 0.05) is 6.07 Å². The van der Waals surface area contributed by atoms with Gasteiger partial charge in [0.1, 0.15) is 42.4 Å². The van der Waals surface area contributed by atoms with Gasteiger partial charge in [-0.05, 0) is 30.5 Å². The lowest BCUT2D eigenvalue weighted by Crippen LogP contribution is -2.60. The highest BCUT2D eigenvalue weighted by Gasteiger charge is 2.45. The van der Waals surface area contributed by atoms with E-state index in [1.165, 1.54) is 0 Å². The van der Waals surface area contributed by atoms with E-state index in [1.54, 1.807) is 18.2 Å². The summed E-state index contributed by atoms with van der Waals surface area (Å²) in [6.45, 7) is 1.94. The largest absolute Gasteiger partial charge is 0.493 e. The van der Waals surface area contributed by atoms with Crippen molar-refractivity contribution in [1.82, 2.24) is 0 Å². The molecule has 1 saturated heterocycles. The molecule has 0 unspecified atom stereocenters. The predicted octanol–water partition coefficient (Wildman–Crippen LogP) is 2.29. The molecule has 10 heteroatoms. The van der Waals surface area contributed by atoms with Crippen LogP contribution in [0.25, 0.3) is 11.0 Å². The predicted molar refractivity (Wildman–Crippen MR) is 137 cm³/mol. The molecule has 10 nitrogen and oxygen atoms in total. The summed E-state index contributed by atoms with van der Waals surface area (Å²) < 4.78 is 28.4. The molecule has 2 aromatic carbocycles. The fourth-order valence-corrected chi connectivity index (χ4v) is 4.01. The molecule has 1 aromatic heterocycles. The molecular weight excluding hydrogens is 496 g/mol. The Morgan fingerprint density at radius 3 is 2.47 bits per heavy atom. The molecule has 204 valence electrons. The molecule has 4 rings (SSSR count). The second kappa shape index (κ2) is 12.9. The molecule has 0 bridgehead atoms. The smallest absolute Gasteiger partial charge is 0.383 e. The van der Waals surface area contributed by atoms with Crippen LogP contribution in [0.2, 0.25) is 0 Å². The van der Waals surface area contributed by atoms with Crippen molar-refractivity contribution >= 4 is 11.0 Å². The van der Waals surface area contributed by atoms with Crippen molar-refractivity contribution in [3.05, 3.63) is 76.7 Å². The normalized spacial score (nSPS) is 23.6. The van der Waals surface area contributed by atoms with Gasteiger partial charge >= 0.3 is 5.63 Å². The maximum atomic E-state index is 13.1. The van der Waals surface area contributed by atoms with Crippen LogP contribution in [0, 0.1) is 0 Å². The van der Waals surface area contributed by atoms with Gasteiger partial charge in [-0.15, -0.1) is 0 Å². The maximum Gasteiger partial charge on any atom is 0.383 e. The van der Waals surface area contributed by atoms with E-state index in [0.717, 1.165) is 18.4 Å². The highest BCUT2D eigenvalue weighted by Crippen LogP contribution is 2.37. The van der Waals surface area contributed by atoms with E-state index in [2.05, 4.69) is 13.0 Å². The molecule has 0 radical (unpaired) electrons. The van der Waals surface area contributed by atoms with Crippen LogP contribution in [0.4, 0.5) is 0 Å². The third-order valence-corrected chi connectivity index (χ3v) is 6.06. The van der Waals surface area contributed by atoms with Gasteiger partial charge in [-0.3, -0.25) is 0 Å². The van der Waals surface area contributed by atoms with Crippen LogP contribution in [0.3, 0.4) is 0 Å². The quantitative estimate of drug-likeness (QED) is 0.166. The van der Waals surface area contributed by atoms with Crippen molar-refractivity contribution in [3.63, 3.8) is 0 Å². The lowest BCUT2D eigenvalue weighted by atomic mass is 9.99. The molecular formula is C28H32O10. The van der Waals surface area contributed by atoms with Crippen molar-refractivity contribution < 1.29 is 43.8 Å². The molecule has 1 fully saturated rings. The molecule has 1 aliphatic rings. The minimum absolute atomic E-state index is 0.0366. The molecule has 5 atom stereocenters. The second-order valence-corrected chi connectivity index (χ2v) is 8.81. The topological polar surface area (TPSA) is 148 Å². The first-order valence-corrected chi connectivity index (χ1v) is 12.5. The van der Waals surface area contributed by atoms with E-state index in [4.69, 9.17) is 23.4 Å². The fraction of sp³-hybridized carbons (Fsp3) is 0.393. The van der Waals surface area contributed by atoms with Crippen LogP contribution >= 0.6 is 0 Å². The molecule has 0 saturated carbocycles. The molecule has 38 heavy (non-hydrogen) atoms. The lowest BCUT2D eigenvalue weighted by molar-refractivity contribution is -0.278. The monoisotopic (exact) mass is 528 g/mol. The zero-order valence-electron chi connectivity index (χ0n) is 20.9. The van der Waals surface area contributed by atoms with Gasteiger partial charge in [0.2, 0.25) is 6.29 Å². The standard InChI is InChI=1S/C28H32O10/c1-2-3-4-8-13-34-18-11-12-19-20(14-18)36-27(33)26(25(19)35-16-17-9-6-5-7-10-17)38-28-24(32)23(31)22(30)21(15-29)37-28/h3-7,9-12,14,21-24,28-32H,2,8,13,15-16H2,1H3/b4-3+/t21-,22+,23+,24-,28+/m1/s1. The number of ether oxygens (including phenoxy) is 4. The summed E-state index contributed by atoms with van der Waals surface area (Å²) in [5, 5.41) is 40.5. The third-order valence-electron chi connectivity index (χ3n) is 6.06. The van der Waals surface area contributed by atoms with E-state index in [9.17, 15) is 25.2 Å². The number of rotatable bonds is 11. The number of benzene rings is 2. The van der Waals surface area contributed by atoms with Crippen molar-refractivity contribution in [2.45, 2.75) is 57.1 Å². The third kappa shape index (κ3) is 6.35. The van der Waals surface area contributed by atoms with Crippen LogP contribution in [0.1, 0.15) is 25.3 Å². The van der Waals surface area contributed by atoms with Crippen LogP contribution in [0.15, 0.2) is 69.9 Å². The summed E-state index contributed by atoms with van der Waals surface area (Å²) >= 11 is 0. The average molecular weight is 529 g/mol. The number of aliphatic hydroxyl groups excluding tert-OH is 4. The van der Waals surface area contributed by atoms with Gasteiger partial charge < -0.3 is 43.8 Å². The summed E-state index contributed by atoms with van der Waals surface area (Å²) in [7, 11) is 0. The van der Waals surface area contributed by atoms with Crippen LogP contribution in [-0.4, -0.2) is 64.3 Å². The SMILES string of the molecule is CC/C=C/CCOc1ccc2c(OCc3ccccc3)c(O[C@@H]3O[C@H](CO)[C@H](O)[C@H](O)[C@H]3O)c(=O)oc2c1. The number of fused-ring (bicyclic) bond motifs is 1. The first-order valence-electron chi connectivity index (χ1n) is 12.5. The van der Waals surface area contributed by atoms with E-state index in [0.29, 0.717) is 17.7 Å². The fourth-order valence-electron chi connectivity index (χ4n) is 4.01. The maximum absolute atomic E-state index is 13.1. The summed E-state index contributed by atoms with van der Waals surface area (Å²) in [5.41, 5.74) is 0.106. The molecule has 3 aromatic rings. The Morgan fingerprint density at radius 2 is 1.74 bits per heavy atom. The minimum atomic E-state index is -1.72. The van der Waals surface area contributed by atoms with Gasteiger partial charge in [-0.1, -0.05) is 49.4 Å². The molecule has 0 spiro atoms. The second-order valence-electron chi connectivity index (χ2n) is 8.81. The van der Waals surface area contributed by atoms with Gasteiger partial charge in [-0.25, -0.2) is 4.79 Å². The van der Waals surface area contributed by atoms with Gasteiger partial charge in [0.15, 0.2) is 5.75 Å². The highest BCUT2D eigenvalue weighted by molar-refractivity contribution is 5.86. The average Bonchev–Trinajstić information content (AvgIpc) is 2.93. The molecule has 1 aliphatic heterocycles. The zero-order valence-corrected chi connectivity index (χ0v) is 20.9. The Balaban J connectivity index is 1.67. The van der Waals surface area contributed by atoms with E-state index >= 15 is 0 Å². The summed E-state index contributed by atoms with van der Waals surface area (Å²) in [6.07, 6.45) is -2.03. The Hall–Kier alpha value is -3.41. The van der Waals surface area contributed by atoms with Crippen molar-refractivity contribution in [1.29, 1.82) is 0 Å². The summed E-state index contributed by atoms with van der Waals surface area (Å²) in [6, 6.07) is 14.2. The van der Waals surface area contributed by atoms with Crippen LogP contribution < -0.4 is 19.8 Å². The number of aliphatic hydroxyl groups is 4. The van der Waals surface area contributed by atoms with Crippen LogP contribution in [-0.2, 0) is 11.3 Å². The number of hydrogen-bond donors (Lipinski definition) is 4. The lowest BCUT2D eigenvalue weighted by Gasteiger charge is -2.39. The Kier molecular flexibility index (Phi) is 9.38. The number of allylic oxidation sites excluding steroid dienone is 1. The van der Waals surface area contributed by atoms with E-state index in [-0.39, 0.29) is 17.9 Å². The molecule has 4 N–H and O–H groups in total. The Labute approximate surface area is 219 Å². The van der Waals surface area contributed by atoms with Crippen LogP contribution in [0.5, 0.6) is 17.2 Å². The van der Waals surface area contributed by atoms with Crippen molar-refractivity contribution in [3.8, 4) is 17.2 Å². The summed E-state index contributed by atoms with van der Waals surface area (Å²) in [4.78, 5) is 13.1. The molecule has 2 heterocycles. The first-order chi connectivity index (χ1) is 18.4. The zero-order chi connectivity index (χ0) is 27.1. The molecule has 0 aliphatic carbocycles. The van der Waals surface area contributed by atoms with E-state index < -0.39 is 48.7 Å². The van der Waals surface area contributed by atoms with Gasteiger partial charge in [0.05, 0.1) is 18.6 Å². The Morgan fingerprint density at radius 1 is 0.947 bits per heavy atom. The molecule has 0 amide bonds. The van der Waals surface area contributed by atoms with E-state index in [1.807, 2.05) is 36.4 Å².